The lowest BCUT2D eigenvalue weighted by Gasteiger charge is -2.32. The predicted octanol–water partition coefficient (Wildman–Crippen LogP) is 14.3. The van der Waals surface area contributed by atoms with E-state index in [1.807, 2.05) is 190 Å². The molecule has 4 aromatic rings. The zero-order valence-corrected chi connectivity index (χ0v) is 47.8. The monoisotopic (exact) mass is 1030 g/mol. The fourth-order valence-corrected chi connectivity index (χ4v) is 6.64. The van der Waals surface area contributed by atoms with Gasteiger partial charge in [0.1, 0.15) is 36.6 Å². The van der Waals surface area contributed by atoms with E-state index < -0.39 is 51.9 Å². The lowest BCUT2D eigenvalue weighted by Crippen LogP contribution is -2.35. The molecule has 410 valence electrons. The van der Waals surface area contributed by atoms with E-state index in [0.29, 0.717) is 24.0 Å². The third kappa shape index (κ3) is 22.8. The van der Waals surface area contributed by atoms with E-state index >= 15 is 0 Å². The minimum Gasteiger partial charge on any atom is -0.462 e. The van der Waals surface area contributed by atoms with Gasteiger partial charge in [0.15, 0.2) is 0 Å². The van der Waals surface area contributed by atoms with Crippen LogP contribution in [0.1, 0.15) is 175 Å². The van der Waals surface area contributed by atoms with E-state index in [1.54, 1.807) is 54.6 Å². The number of benzene rings is 4. The largest absolute Gasteiger partial charge is 0.462 e. The van der Waals surface area contributed by atoms with Gasteiger partial charge in [-0.25, -0.2) is 9.59 Å². The van der Waals surface area contributed by atoms with E-state index in [-0.39, 0.29) is 54.0 Å². The maximum atomic E-state index is 12.7. The minimum atomic E-state index is -0.599. The maximum Gasteiger partial charge on any atom is 0.338 e. The van der Waals surface area contributed by atoms with Crippen LogP contribution in [0.4, 0.5) is 0 Å². The number of hydrogen-bond acceptors (Lipinski definition) is 12. The standard InChI is InChI=1S/C25H24O4.C21H32O4.C17H30O4/c1-18(19(2)28-24(26)21-14-8-4-9-15-21)23(20-12-6-3-7-13-20)29-25(27)22-16-10-5-11-17-22;1-14(15(2)24-18(22)20(3,4)5)17(16-12-10-9-11-13-16)25-19(23)21(6,7)8;1-9-10-13(21-15(19)17(6,7)8)11-12(2)20-14(18)16(3,4)5/h3-19,23H,1-2H3;9-15,17H,1-8H3;9,12-13H,1,10-11H2,2-8H3. The summed E-state index contributed by atoms with van der Waals surface area (Å²) in [5.74, 6) is -2.29. The zero-order chi connectivity index (χ0) is 56.9. The van der Waals surface area contributed by atoms with Crippen LogP contribution in [0.5, 0.6) is 0 Å². The molecule has 0 bridgehead atoms. The van der Waals surface area contributed by atoms with Gasteiger partial charge in [0.2, 0.25) is 0 Å². The summed E-state index contributed by atoms with van der Waals surface area (Å²) in [6, 6.07) is 36.8. The predicted molar refractivity (Wildman–Crippen MR) is 294 cm³/mol. The van der Waals surface area contributed by atoms with Crippen LogP contribution in [0.3, 0.4) is 0 Å². The van der Waals surface area contributed by atoms with Gasteiger partial charge >= 0.3 is 35.8 Å². The van der Waals surface area contributed by atoms with E-state index in [9.17, 15) is 28.8 Å². The number of hydrogen-bond donors (Lipinski definition) is 0. The Balaban J connectivity index is 0.000000391. The highest BCUT2D eigenvalue weighted by Gasteiger charge is 2.36. The molecule has 12 nitrogen and oxygen atoms in total. The number of esters is 6. The van der Waals surface area contributed by atoms with Gasteiger partial charge in [0, 0.05) is 24.7 Å². The zero-order valence-electron chi connectivity index (χ0n) is 47.8. The van der Waals surface area contributed by atoms with E-state index in [1.165, 1.54) is 0 Å². The van der Waals surface area contributed by atoms with Crippen LogP contribution in [0.25, 0.3) is 0 Å². The van der Waals surface area contributed by atoms with Crippen molar-refractivity contribution in [2.75, 3.05) is 0 Å². The smallest absolute Gasteiger partial charge is 0.338 e. The van der Waals surface area contributed by atoms with Crippen molar-refractivity contribution in [3.63, 3.8) is 0 Å². The molecule has 0 amide bonds. The Labute approximate surface area is 448 Å². The minimum absolute atomic E-state index is 0.181. The molecule has 4 aromatic carbocycles. The molecule has 0 saturated heterocycles. The Morgan fingerprint density at radius 1 is 0.413 bits per heavy atom. The average Bonchev–Trinajstić information content (AvgIpc) is 3.34. The van der Waals surface area contributed by atoms with Crippen LogP contribution in [0.15, 0.2) is 134 Å². The number of carbonyl (C=O) groups is 6. The Bertz CT molecular complexity index is 2390. The van der Waals surface area contributed by atoms with Gasteiger partial charge in [0.25, 0.3) is 0 Å². The highest BCUT2D eigenvalue weighted by atomic mass is 16.6. The highest BCUT2D eigenvalue weighted by Crippen LogP contribution is 2.34. The Kier molecular flexibility index (Phi) is 25.4. The van der Waals surface area contributed by atoms with Crippen molar-refractivity contribution in [1.29, 1.82) is 0 Å². The van der Waals surface area contributed by atoms with Crippen LogP contribution >= 0.6 is 0 Å². The van der Waals surface area contributed by atoms with Crippen molar-refractivity contribution < 1.29 is 57.2 Å². The third-order valence-corrected chi connectivity index (χ3v) is 11.8. The first-order valence-electron chi connectivity index (χ1n) is 25.8. The number of carbonyl (C=O) groups excluding carboxylic acids is 6. The fourth-order valence-electron chi connectivity index (χ4n) is 6.64. The van der Waals surface area contributed by atoms with Crippen LogP contribution in [-0.4, -0.2) is 60.2 Å². The van der Waals surface area contributed by atoms with Gasteiger partial charge in [-0.3, -0.25) is 19.2 Å². The molecule has 0 radical (unpaired) electrons. The molecule has 12 heteroatoms. The van der Waals surface area contributed by atoms with Gasteiger partial charge in [-0.2, -0.15) is 0 Å². The lowest BCUT2D eigenvalue weighted by molar-refractivity contribution is -0.171. The molecule has 0 aliphatic rings. The summed E-state index contributed by atoms with van der Waals surface area (Å²) in [6.45, 7) is 34.8. The van der Waals surface area contributed by atoms with Crippen LogP contribution in [0, 0.1) is 33.5 Å². The fraction of sp³-hybridized carbons (Fsp3) is 0.492. The Hall–Kier alpha value is -6.56. The van der Waals surface area contributed by atoms with Crippen LogP contribution < -0.4 is 0 Å². The summed E-state index contributed by atoms with van der Waals surface area (Å²) in [7, 11) is 0. The van der Waals surface area contributed by atoms with Crippen molar-refractivity contribution in [1.82, 2.24) is 0 Å². The normalized spacial score (nSPS) is 14.8. The summed E-state index contributed by atoms with van der Waals surface area (Å²) in [5, 5.41) is 0. The van der Waals surface area contributed by atoms with Crippen molar-refractivity contribution in [2.45, 2.75) is 167 Å². The average molecular weight is 1040 g/mol. The molecule has 0 fully saturated rings. The molecule has 75 heavy (non-hydrogen) atoms. The van der Waals surface area contributed by atoms with Crippen molar-refractivity contribution in [3.05, 3.63) is 156 Å². The molecular formula is C63H86O12. The molecule has 0 saturated carbocycles. The SMILES string of the molecule is C=CCC(CC(C)OC(=O)C(C)(C)C)OC(=O)C(C)(C)C.CC(OC(=O)C(C)(C)C)C(C)C(OC(=O)C(C)(C)C)c1ccccc1.CC(OC(=O)c1ccccc1)C(C)C(OC(=O)c1ccccc1)c1ccccc1. The highest BCUT2D eigenvalue weighted by molar-refractivity contribution is 5.90. The summed E-state index contributed by atoms with van der Waals surface area (Å²) in [5.41, 5.74) is 0.461. The summed E-state index contributed by atoms with van der Waals surface area (Å²) >= 11 is 0. The van der Waals surface area contributed by atoms with E-state index in [4.69, 9.17) is 28.4 Å². The molecule has 8 unspecified atom stereocenters. The third-order valence-electron chi connectivity index (χ3n) is 11.8. The molecule has 0 spiro atoms. The van der Waals surface area contributed by atoms with Crippen molar-refractivity contribution in [3.8, 4) is 0 Å². The first-order chi connectivity index (χ1) is 34.8. The van der Waals surface area contributed by atoms with Crippen molar-refractivity contribution >= 4 is 35.8 Å². The molecule has 0 aliphatic heterocycles. The summed E-state index contributed by atoms with van der Waals surface area (Å²) in [6.07, 6.45) is 0.208. The molecule has 8 atom stereocenters. The van der Waals surface area contributed by atoms with Gasteiger partial charge in [-0.1, -0.05) is 117 Å². The molecule has 0 heterocycles. The quantitative estimate of drug-likeness (QED) is 0.0528. The van der Waals surface area contributed by atoms with Gasteiger partial charge < -0.3 is 28.4 Å². The number of rotatable bonds is 18. The van der Waals surface area contributed by atoms with Gasteiger partial charge in [-0.15, -0.1) is 6.58 Å². The Morgan fingerprint density at radius 2 is 0.720 bits per heavy atom. The summed E-state index contributed by atoms with van der Waals surface area (Å²) in [4.78, 5) is 73.5. The van der Waals surface area contributed by atoms with E-state index in [2.05, 4.69) is 6.58 Å². The summed E-state index contributed by atoms with van der Waals surface area (Å²) < 4.78 is 33.8. The first kappa shape index (κ1) is 64.6. The second-order valence-electron chi connectivity index (χ2n) is 23.1. The first-order valence-corrected chi connectivity index (χ1v) is 25.8. The van der Waals surface area contributed by atoms with Crippen LogP contribution in [-0.2, 0) is 47.6 Å². The lowest BCUT2D eigenvalue weighted by atomic mass is 9.91. The van der Waals surface area contributed by atoms with Crippen LogP contribution in [0.2, 0.25) is 0 Å². The molecule has 4 rings (SSSR count). The molecule has 0 aliphatic carbocycles. The number of ether oxygens (including phenoxy) is 6. The second-order valence-corrected chi connectivity index (χ2v) is 23.1. The molecule has 0 aromatic heterocycles. The van der Waals surface area contributed by atoms with E-state index in [0.717, 1.165) is 11.1 Å². The van der Waals surface area contributed by atoms with Gasteiger partial charge in [-0.05, 0) is 139 Å². The van der Waals surface area contributed by atoms with Crippen molar-refractivity contribution in [2.24, 2.45) is 33.5 Å². The molecule has 0 N–H and O–H groups in total. The second kappa shape index (κ2) is 29.5. The van der Waals surface area contributed by atoms with Gasteiger partial charge in [0.05, 0.1) is 32.8 Å². The molecular weight excluding hydrogens is 949 g/mol. The topological polar surface area (TPSA) is 158 Å². The maximum absolute atomic E-state index is 12.7. The Morgan fingerprint density at radius 3 is 1.09 bits per heavy atom.